The van der Waals surface area contributed by atoms with E-state index in [0.717, 1.165) is 24.3 Å². The van der Waals surface area contributed by atoms with E-state index < -0.39 is 5.82 Å². The Bertz CT molecular complexity index is 559. The Labute approximate surface area is 128 Å². The Balaban J connectivity index is 2.13. The van der Waals surface area contributed by atoms with E-state index >= 15 is 0 Å². The van der Waals surface area contributed by atoms with Crippen molar-refractivity contribution in [2.24, 2.45) is 0 Å². The van der Waals surface area contributed by atoms with E-state index in [9.17, 15) is 9.18 Å². The topological polar surface area (TPSA) is 49.3 Å². The Morgan fingerprint density at radius 1 is 1.52 bits per heavy atom. The molecule has 5 heteroatoms. The van der Waals surface area contributed by atoms with Gasteiger partial charge in [-0.1, -0.05) is 11.8 Å². The van der Waals surface area contributed by atoms with Gasteiger partial charge < -0.3 is 10.4 Å². The van der Waals surface area contributed by atoms with Crippen LogP contribution in [-0.2, 0) is 0 Å². The number of aliphatic hydroxyl groups is 1. The number of benzene rings is 1. The number of hydrogen-bond donors (Lipinski definition) is 2. The van der Waals surface area contributed by atoms with E-state index in [1.165, 1.54) is 18.2 Å². The Morgan fingerprint density at radius 3 is 3.10 bits per heavy atom. The van der Waals surface area contributed by atoms with Crippen LogP contribution in [0.15, 0.2) is 18.2 Å². The summed E-state index contributed by atoms with van der Waals surface area (Å²) in [6, 6.07) is 4.15. The molecule has 21 heavy (non-hydrogen) atoms. The number of thioether (sulfide) groups is 1. The van der Waals surface area contributed by atoms with E-state index in [-0.39, 0.29) is 18.6 Å². The summed E-state index contributed by atoms with van der Waals surface area (Å²) < 4.78 is 13.3. The van der Waals surface area contributed by atoms with Gasteiger partial charge in [0.1, 0.15) is 5.82 Å². The number of halogens is 1. The highest BCUT2D eigenvalue weighted by Gasteiger charge is 2.18. The molecule has 2 N–H and O–H groups in total. The molecule has 3 nitrogen and oxygen atoms in total. The maximum absolute atomic E-state index is 13.3. The van der Waals surface area contributed by atoms with Gasteiger partial charge in [0.25, 0.3) is 5.91 Å². The molecular weight excluding hydrogens is 289 g/mol. The lowest BCUT2D eigenvalue weighted by Crippen LogP contribution is -2.38. The van der Waals surface area contributed by atoms with Crippen molar-refractivity contribution in [3.8, 4) is 11.8 Å². The van der Waals surface area contributed by atoms with Gasteiger partial charge in [0, 0.05) is 23.8 Å². The van der Waals surface area contributed by atoms with Crippen LogP contribution < -0.4 is 5.32 Å². The number of rotatable bonds is 3. The first-order valence-electron chi connectivity index (χ1n) is 6.98. The number of carbonyl (C=O) groups is 1. The minimum absolute atomic E-state index is 0.0524. The number of nitrogens with one attached hydrogen (secondary N) is 1. The molecule has 1 aliphatic heterocycles. The zero-order valence-electron chi connectivity index (χ0n) is 11.7. The summed E-state index contributed by atoms with van der Waals surface area (Å²) in [6.45, 7) is -0.0524. The van der Waals surface area contributed by atoms with Crippen LogP contribution in [0, 0.1) is 17.7 Å². The quantitative estimate of drug-likeness (QED) is 0.842. The van der Waals surface area contributed by atoms with Crippen LogP contribution in [0.2, 0.25) is 0 Å². The summed E-state index contributed by atoms with van der Waals surface area (Å²) in [7, 11) is 0. The minimum atomic E-state index is -0.423. The molecule has 0 aliphatic carbocycles. The van der Waals surface area contributed by atoms with Crippen molar-refractivity contribution in [3.05, 3.63) is 35.1 Å². The average molecular weight is 307 g/mol. The fourth-order valence-corrected chi connectivity index (χ4v) is 3.22. The molecule has 1 unspecified atom stereocenters. The van der Waals surface area contributed by atoms with Crippen LogP contribution in [0.4, 0.5) is 4.39 Å². The molecule has 1 aromatic carbocycles. The van der Waals surface area contributed by atoms with Gasteiger partial charge in [-0.05, 0) is 36.8 Å². The number of amides is 1. The number of carbonyl (C=O) groups excluding carboxylic acids is 1. The van der Waals surface area contributed by atoms with Crippen molar-refractivity contribution in [2.75, 3.05) is 18.1 Å². The van der Waals surface area contributed by atoms with Crippen LogP contribution in [0.1, 0.15) is 35.2 Å². The van der Waals surface area contributed by atoms with Crippen molar-refractivity contribution in [3.63, 3.8) is 0 Å². The van der Waals surface area contributed by atoms with Crippen LogP contribution in [-0.4, -0.2) is 35.2 Å². The highest BCUT2D eigenvalue weighted by Crippen LogP contribution is 2.18. The van der Waals surface area contributed by atoms with Gasteiger partial charge in [-0.15, -0.1) is 0 Å². The molecular formula is C16H18FNO2S. The third-order valence-corrected chi connectivity index (χ3v) is 4.40. The SMILES string of the molecule is O=C(NC1CCCSC1)c1ccc(F)cc1C#CCCO. The monoisotopic (exact) mass is 307 g/mol. The van der Waals surface area contributed by atoms with E-state index in [0.29, 0.717) is 17.5 Å². The molecule has 0 radical (unpaired) electrons. The second kappa shape index (κ2) is 8.06. The van der Waals surface area contributed by atoms with E-state index in [1.807, 2.05) is 11.8 Å². The molecule has 2 rings (SSSR count). The largest absolute Gasteiger partial charge is 0.395 e. The zero-order valence-corrected chi connectivity index (χ0v) is 12.5. The van der Waals surface area contributed by atoms with Crippen LogP contribution in [0.3, 0.4) is 0 Å². The predicted molar refractivity (Wildman–Crippen MR) is 82.8 cm³/mol. The van der Waals surface area contributed by atoms with Crippen molar-refractivity contribution < 1.29 is 14.3 Å². The van der Waals surface area contributed by atoms with Crippen LogP contribution in [0.25, 0.3) is 0 Å². The minimum Gasteiger partial charge on any atom is -0.395 e. The molecule has 1 fully saturated rings. The fourth-order valence-electron chi connectivity index (χ4n) is 2.15. The van der Waals surface area contributed by atoms with Gasteiger partial charge in [0.15, 0.2) is 0 Å². The first-order chi connectivity index (χ1) is 10.2. The lowest BCUT2D eigenvalue weighted by Gasteiger charge is -2.22. The maximum atomic E-state index is 13.3. The van der Waals surface area contributed by atoms with E-state index in [4.69, 9.17) is 5.11 Å². The van der Waals surface area contributed by atoms with Gasteiger partial charge in [0.05, 0.1) is 12.2 Å². The third kappa shape index (κ3) is 4.76. The van der Waals surface area contributed by atoms with Gasteiger partial charge in [-0.3, -0.25) is 4.79 Å². The zero-order chi connectivity index (χ0) is 15.1. The molecule has 1 saturated heterocycles. The first-order valence-corrected chi connectivity index (χ1v) is 8.14. The van der Waals surface area contributed by atoms with Crippen LogP contribution in [0.5, 0.6) is 0 Å². The van der Waals surface area contributed by atoms with Gasteiger partial charge in [0.2, 0.25) is 0 Å². The van der Waals surface area contributed by atoms with Crippen molar-refractivity contribution in [1.29, 1.82) is 0 Å². The molecule has 0 spiro atoms. The Kier molecular flexibility index (Phi) is 6.09. The predicted octanol–water partition coefficient (Wildman–Crippen LogP) is 2.19. The van der Waals surface area contributed by atoms with Crippen LogP contribution >= 0.6 is 11.8 Å². The van der Waals surface area contributed by atoms with E-state index in [1.54, 1.807) is 0 Å². The average Bonchev–Trinajstić information content (AvgIpc) is 2.48. The molecule has 112 valence electrons. The molecule has 0 bridgehead atoms. The first kappa shape index (κ1) is 15.9. The van der Waals surface area contributed by atoms with E-state index in [2.05, 4.69) is 17.2 Å². The molecule has 1 aromatic rings. The summed E-state index contributed by atoms with van der Waals surface area (Å²) in [5, 5.41) is 11.7. The summed E-state index contributed by atoms with van der Waals surface area (Å²) in [5.41, 5.74) is 0.752. The normalized spacial score (nSPS) is 17.7. The maximum Gasteiger partial charge on any atom is 0.252 e. The summed E-state index contributed by atoms with van der Waals surface area (Å²) in [6.07, 6.45) is 2.38. The molecule has 0 saturated carbocycles. The smallest absolute Gasteiger partial charge is 0.252 e. The Morgan fingerprint density at radius 2 is 2.38 bits per heavy atom. The molecule has 1 atom stereocenters. The fraction of sp³-hybridized carbons (Fsp3) is 0.438. The standard InChI is InChI=1S/C16H18FNO2S/c17-13-6-7-15(12(10-13)4-1-2-8-19)16(20)18-14-5-3-9-21-11-14/h6-7,10,14,19H,2-3,5,8-9,11H2,(H,18,20). The summed E-state index contributed by atoms with van der Waals surface area (Å²) in [4.78, 5) is 12.3. The number of aliphatic hydroxyl groups excluding tert-OH is 1. The number of hydrogen-bond acceptors (Lipinski definition) is 3. The van der Waals surface area contributed by atoms with Crippen molar-refractivity contribution in [2.45, 2.75) is 25.3 Å². The lowest BCUT2D eigenvalue weighted by molar-refractivity contribution is 0.0938. The van der Waals surface area contributed by atoms with Crippen molar-refractivity contribution >= 4 is 17.7 Å². The van der Waals surface area contributed by atoms with Gasteiger partial charge in [-0.2, -0.15) is 11.8 Å². The highest BCUT2D eigenvalue weighted by molar-refractivity contribution is 7.99. The molecule has 1 heterocycles. The third-order valence-electron chi connectivity index (χ3n) is 3.18. The molecule has 0 aromatic heterocycles. The summed E-state index contributed by atoms with van der Waals surface area (Å²) >= 11 is 1.83. The van der Waals surface area contributed by atoms with Gasteiger partial charge >= 0.3 is 0 Å². The summed E-state index contributed by atoms with van der Waals surface area (Å²) in [5.74, 6) is 6.90. The second-order valence-corrected chi connectivity index (χ2v) is 6.00. The second-order valence-electron chi connectivity index (χ2n) is 4.85. The van der Waals surface area contributed by atoms with Crippen molar-refractivity contribution in [1.82, 2.24) is 5.32 Å². The molecule has 1 amide bonds. The Hall–Kier alpha value is -1.51. The van der Waals surface area contributed by atoms with Gasteiger partial charge in [-0.25, -0.2) is 4.39 Å². The highest BCUT2D eigenvalue weighted by atomic mass is 32.2. The molecule has 1 aliphatic rings. The lowest BCUT2D eigenvalue weighted by atomic mass is 10.1.